The van der Waals surface area contributed by atoms with Gasteiger partial charge in [-0.1, -0.05) is 26.7 Å². The second kappa shape index (κ2) is 8.80. The second-order valence-electron chi connectivity index (χ2n) is 4.29. The van der Waals surface area contributed by atoms with Crippen molar-refractivity contribution in [1.82, 2.24) is 0 Å². The van der Waals surface area contributed by atoms with E-state index in [0.29, 0.717) is 24.7 Å². The van der Waals surface area contributed by atoms with Gasteiger partial charge in [0.05, 0.1) is 13.2 Å². The Kier molecular flexibility index (Phi) is 7.33. The first kappa shape index (κ1) is 15.8. The SMILES string of the molecule is CCCCOc1ccc(OCCCC)c([SH](=O)=O)c1. The Hall–Kier alpha value is -1.23. The van der Waals surface area contributed by atoms with Gasteiger partial charge in [0.25, 0.3) is 0 Å². The molecule has 0 aromatic heterocycles. The summed E-state index contributed by atoms with van der Waals surface area (Å²) in [6.45, 7) is 5.27. The summed E-state index contributed by atoms with van der Waals surface area (Å²) in [7, 11) is -2.68. The quantitative estimate of drug-likeness (QED) is 0.560. The average molecular weight is 286 g/mol. The van der Waals surface area contributed by atoms with E-state index in [0.717, 1.165) is 25.7 Å². The van der Waals surface area contributed by atoms with Crippen LogP contribution < -0.4 is 9.47 Å². The molecule has 4 nitrogen and oxygen atoms in total. The lowest BCUT2D eigenvalue weighted by molar-refractivity contribution is 0.294. The van der Waals surface area contributed by atoms with Crippen molar-refractivity contribution in [3.63, 3.8) is 0 Å². The minimum absolute atomic E-state index is 0.195. The predicted molar refractivity (Wildman–Crippen MR) is 75.8 cm³/mol. The molecule has 1 rings (SSSR count). The van der Waals surface area contributed by atoms with E-state index < -0.39 is 10.7 Å². The van der Waals surface area contributed by atoms with Crippen LogP contribution in [0.25, 0.3) is 0 Å². The van der Waals surface area contributed by atoms with Crippen LogP contribution in [0.15, 0.2) is 23.1 Å². The topological polar surface area (TPSA) is 52.6 Å². The molecule has 0 spiro atoms. The van der Waals surface area contributed by atoms with E-state index >= 15 is 0 Å². The maximum absolute atomic E-state index is 11.2. The molecule has 0 aliphatic heterocycles. The molecule has 0 amide bonds. The van der Waals surface area contributed by atoms with Gasteiger partial charge in [-0.2, -0.15) is 0 Å². The van der Waals surface area contributed by atoms with Crippen LogP contribution in [0.4, 0.5) is 0 Å². The fourth-order valence-corrected chi connectivity index (χ4v) is 2.06. The molecule has 0 heterocycles. The Bertz CT molecular complexity index is 447. The van der Waals surface area contributed by atoms with Crippen LogP contribution in [0.5, 0.6) is 11.5 Å². The summed E-state index contributed by atoms with van der Waals surface area (Å²) >= 11 is 0. The van der Waals surface area contributed by atoms with Crippen LogP contribution >= 0.6 is 0 Å². The Morgan fingerprint density at radius 2 is 1.63 bits per heavy atom. The molecule has 0 radical (unpaired) electrons. The zero-order valence-electron chi connectivity index (χ0n) is 11.6. The Morgan fingerprint density at radius 1 is 1.00 bits per heavy atom. The Labute approximate surface area is 116 Å². The number of ether oxygens (including phenoxy) is 2. The van der Waals surface area contributed by atoms with Gasteiger partial charge in [-0.25, -0.2) is 8.42 Å². The van der Waals surface area contributed by atoms with Gasteiger partial charge >= 0.3 is 0 Å². The van der Waals surface area contributed by atoms with Gasteiger partial charge in [-0.05, 0) is 25.0 Å². The van der Waals surface area contributed by atoms with Crippen LogP contribution in [0.3, 0.4) is 0 Å². The van der Waals surface area contributed by atoms with E-state index in [4.69, 9.17) is 9.47 Å². The number of unbranched alkanes of at least 4 members (excludes halogenated alkanes) is 2. The molecule has 0 N–H and O–H groups in total. The van der Waals surface area contributed by atoms with E-state index in [1.807, 2.05) is 0 Å². The van der Waals surface area contributed by atoms with Crippen molar-refractivity contribution in [2.75, 3.05) is 13.2 Å². The first-order chi connectivity index (χ1) is 9.19. The molecule has 1 aromatic carbocycles. The molecule has 0 bridgehead atoms. The van der Waals surface area contributed by atoms with E-state index in [1.54, 1.807) is 12.1 Å². The van der Waals surface area contributed by atoms with Crippen molar-refractivity contribution < 1.29 is 17.9 Å². The number of hydrogen-bond acceptors (Lipinski definition) is 4. The highest BCUT2D eigenvalue weighted by Gasteiger charge is 2.08. The largest absolute Gasteiger partial charge is 0.494 e. The second-order valence-corrected chi connectivity index (χ2v) is 5.29. The van der Waals surface area contributed by atoms with Crippen LogP contribution in [0.2, 0.25) is 0 Å². The standard InChI is InChI=1S/C14H22O4S/c1-3-5-9-17-12-7-8-13(18-10-6-4-2)14(11-12)19(15)16/h7-8,11,19H,3-6,9-10H2,1-2H3. The summed E-state index contributed by atoms with van der Waals surface area (Å²) in [6, 6.07) is 4.94. The highest BCUT2D eigenvalue weighted by Crippen LogP contribution is 2.26. The van der Waals surface area contributed by atoms with Gasteiger partial charge in [-0.3, -0.25) is 0 Å². The minimum Gasteiger partial charge on any atom is -0.494 e. The zero-order valence-corrected chi connectivity index (χ0v) is 12.4. The third-order valence-corrected chi connectivity index (χ3v) is 3.39. The lowest BCUT2D eigenvalue weighted by Gasteiger charge is -2.10. The molecular weight excluding hydrogens is 264 g/mol. The van der Waals surface area contributed by atoms with Crippen LogP contribution in [-0.4, -0.2) is 21.6 Å². The van der Waals surface area contributed by atoms with Crippen molar-refractivity contribution in [2.45, 2.75) is 44.4 Å². The molecule has 1 aromatic rings. The van der Waals surface area contributed by atoms with Crippen LogP contribution in [0.1, 0.15) is 39.5 Å². The van der Waals surface area contributed by atoms with Crippen molar-refractivity contribution in [1.29, 1.82) is 0 Å². The van der Waals surface area contributed by atoms with Crippen LogP contribution in [0, 0.1) is 0 Å². The van der Waals surface area contributed by atoms with Gasteiger partial charge in [0, 0.05) is 6.07 Å². The molecule has 0 aliphatic rings. The van der Waals surface area contributed by atoms with Crippen molar-refractivity contribution in [3.8, 4) is 11.5 Å². The van der Waals surface area contributed by atoms with Gasteiger partial charge in [0.1, 0.15) is 16.4 Å². The predicted octanol–water partition coefficient (Wildman–Crippen LogP) is 3.01. The molecule has 19 heavy (non-hydrogen) atoms. The molecule has 108 valence electrons. The highest BCUT2D eigenvalue weighted by molar-refractivity contribution is 7.72. The fourth-order valence-electron chi connectivity index (χ4n) is 1.51. The van der Waals surface area contributed by atoms with Gasteiger partial charge in [0.2, 0.25) is 0 Å². The van der Waals surface area contributed by atoms with Crippen molar-refractivity contribution >= 4 is 10.7 Å². The van der Waals surface area contributed by atoms with E-state index in [1.165, 1.54) is 6.07 Å². The smallest absolute Gasteiger partial charge is 0.172 e. The Balaban J connectivity index is 2.76. The summed E-state index contributed by atoms with van der Waals surface area (Å²) in [6.07, 6.45) is 3.91. The Morgan fingerprint density at radius 3 is 2.21 bits per heavy atom. The molecule has 0 unspecified atom stereocenters. The highest BCUT2D eigenvalue weighted by atomic mass is 32.2. The van der Waals surface area contributed by atoms with Crippen molar-refractivity contribution in [3.05, 3.63) is 18.2 Å². The summed E-state index contributed by atoms with van der Waals surface area (Å²) in [5.41, 5.74) is 0. The van der Waals surface area contributed by atoms with E-state index in [-0.39, 0.29) is 4.90 Å². The number of thiol groups is 1. The maximum atomic E-state index is 11.2. The molecule has 0 aliphatic carbocycles. The summed E-state index contributed by atoms with van der Waals surface area (Å²) < 4.78 is 33.5. The van der Waals surface area contributed by atoms with Gasteiger partial charge in [0.15, 0.2) is 10.7 Å². The van der Waals surface area contributed by atoms with Crippen LogP contribution in [-0.2, 0) is 10.7 Å². The third kappa shape index (κ3) is 5.51. The number of hydrogen-bond donors (Lipinski definition) is 1. The average Bonchev–Trinajstić information content (AvgIpc) is 2.40. The summed E-state index contributed by atoms with van der Waals surface area (Å²) in [4.78, 5) is 0.195. The normalized spacial score (nSPS) is 10.7. The lowest BCUT2D eigenvalue weighted by atomic mass is 10.3. The fraction of sp³-hybridized carbons (Fsp3) is 0.571. The summed E-state index contributed by atoms with van der Waals surface area (Å²) in [5, 5.41) is 0. The summed E-state index contributed by atoms with van der Waals surface area (Å²) in [5.74, 6) is 0.984. The van der Waals surface area contributed by atoms with Crippen molar-refractivity contribution in [2.24, 2.45) is 0 Å². The minimum atomic E-state index is -2.68. The maximum Gasteiger partial charge on any atom is 0.172 e. The lowest BCUT2D eigenvalue weighted by Crippen LogP contribution is -2.01. The molecule has 0 fully saturated rings. The molecular formula is C14H22O4S. The van der Waals surface area contributed by atoms with Gasteiger partial charge in [-0.15, -0.1) is 0 Å². The monoisotopic (exact) mass is 286 g/mol. The molecule has 0 saturated heterocycles. The first-order valence-corrected chi connectivity index (χ1v) is 7.90. The molecule has 5 heteroatoms. The molecule has 0 saturated carbocycles. The van der Waals surface area contributed by atoms with E-state index in [2.05, 4.69) is 13.8 Å². The third-order valence-electron chi connectivity index (χ3n) is 2.65. The first-order valence-electron chi connectivity index (χ1n) is 6.73. The number of rotatable bonds is 9. The number of benzene rings is 1. The van der Waals surface area contributed by atoms with E-state index in [9.17, 15) is 8.42 Å². The molecule has 0 atom stereocenters. The zero-order chi connectivity index (χ0) is 14.1. The van der Waals surface area contributed by atoms with Gasteiger partial charge < -0.3 is 9.47 Å².